The average Bonchev–Trinajstić information content (AvgIpc) is 2.96. The maximum absolute atomic E-state index is 14.5. The number of alkyl halides is 1. The lowest BCUT2D eigenvalue weighted by Gasteiger charge is -2.17. The number of fused-ring (bicyclic) bond motifs is 1. The van der Waals surface area contributed by atoms with E-state index in [-0.39, 0.29) is 24.2 Å². The molecule has 1 aromatic heterocycles. The lowest BCUT2D eigenvalue weighted by molar-refractivity contribution is -0.127. The van der Waals surface area contributed by atoms with Crippen LogP contribution in [0.15, 0.2) is 12.1 Å². The largest absolute Gasteiger partial charge is 0.334 e. The van der Waals surface area contributed by atoms with Crippen LogP contribution in [-0.4, -0.2) is 35.3 Å². The summed E-state index contributed by atoms with van der Waals surface area (Å²) in [6.45, 7) is 2.24. The molecule has 0 bridgehead atoms. The third-order valence-corrected chi connectivity index (χ3v) is 4.92. The highest BCUT2D eigenvalue weighted by Crippen LogP contribution is 2.42. The summed E-state index contributed by atoms with van der Waals surface area (Å²) in [5, 5.41) is 0. The van der Waals surface area contributed by atoms with E-state index in [9.17, 15) is 14.0 Å². The molecule has 1 unspecified atom stereocenters. The molecule has 0 radical (unpaired) electrons. The Kier molecular flexibility index (Phi) is 2.55. The number of aryl methyl sites for hydroxylation is 1. The monoisotopic (exact) mass is 267 g/mol. The van der Waals surface area contributed by atoms with E-state index in [1.54, 1.807) is 6.07 Å². The smallest absolute Gasteiger partial charge is 0.264 e. The van der Waals surface area contributed by atoms with E-state index in [2.05, 4.69) is 0 Å². The van der Waals surface area contributed by atoms with Crippen molar-refractivity contribution >= 4 is 23.0 Å². The number of carbonyl (C=O) groups excluding carboxylic acids is 2. The lowest BCUT2D eigenvalue weighted by atomic mass is 9.96. The minimum absolute atomic E-state index is 0.0632. The SMILES string of the molecule is Cc1ccc(C(=O)N2C[C@@H]3CCC(=O)C3(F)C2)s1. The van der Waals surface area contributed by atoms with E-state index in [1.807, 2.05) is 13.0 Å². The molecule has 0 aromatic carbocycles. The minimum Gasteiger partial charge on any atom is -0.334 e. The van der Waals surface area contributed by atoms with Crippen molar-refractivity contribution in [2.24, 2.45) is 5.92 Å². The van der Waals surface area contributed by atoms with Crippen LogP contribution in [0, 0.1) is 12.8 Å². The number of hydrogen-bond donors (Lipinski definition) is 0. The van der Waals surface area contributed by atoms with Crippen molar-refractivity contribution in [1.82, 2.24) is 4.90 Å². The lowest BCUT2D eigenvalue weighted by Crippen LogP contribution is -2.38. The number of nitrogens with zero attached hydrogens (tertiary/aromatic N) is 1. The van der Waals surface area contributed by atoms with Gasteiger partial charge in [0.15, 0.2) is 11.5 Å². The van der Waals surface area contributed by atoms with E-state index < -0.39 is 5.67 Å². The molecule has 1 aliphatic heterocycles. The van der Waals surface area contributed by atoms with Crippen molar-refractivity contribution in [3.8, 4) is 0 Å². The summed E-state index contributed by atoms with van der Waals surface area (Å²) in [5.41, 5.74) is -1.78. The molecule has 2 atom stereocenters. The van der Waals surface area contributed by atoms with E-state index in [0.29, 0.717) is 24.3 Å². The molecule has 1 aliphatic carbocycles. The molecule has 1 saturated heterocycles. The van der Waals surface area contributed by atoms with Crippen LogP contribution in [0.25, 0.3) is 0 Å². The van der Waals surface area contributed by atoms with Crippen molar-refractivity contribution in [3.05, 3.63) is 21.9 Å². The second-order valence-electron chi connectivity index (χ2n) is 5.12. The Balaban J connectivity index is 1.81. The molecule has 2 aliphatic rings. The van der Waals surface area contributed by atoms with Crippen molar-refractivity contribution in [2.75, 3.05) is 13.1 Å². The summed E-state index contributed by atoms with van der Waals surface area (Å²) < 4.78 is 14.5. The van der Waals surface area contributed by atoms with Gasteiger partial charge in [-0.2, -0.15) is 0 Å². The number of rotatable bonds is 1. The summed E-state index contributed by atoms with van der Waals surface area (Å²) in [6, 6.07) is 3.65. The summed E-state index contributed by atoms with van der Waals surface area (Å²) in [7, 11) is 0. The molecule has 96 valence electrons. The molecule has 3 rings (SSSR count). The molecular formula is C13H14FNO2S. The Morgan fingerprint density at radius 3 is 2.94 bits per heavy atom. The van der Waals surface area contributed by atoms with Gasteiger partial charge in [0, 0.05) is 23.8 Å². The van der Waals surface area contributed by atoms with Gasteiger partial charge in [-0.05, 0) is 25.5 Å². The van der Waals surface area contributed by atoms with Crippen LogP contribution in [0.2, 0.25) is 0 Å². The molecule has 2 heterocycles. The zero-order chi connectivity index (χ0) is 12.9. The second-order valence-corrected chi connectivity index (χ2v) is 6.41. The maximum atomic E-state index is 14.5. The molecule has 1 saturated carbocycles. The van der Waals surface area contributed by atoms with Gasteiger partial charge in [0.1, 0.15) is 0 Å². The first kappa shape index (κ1) is 11.8. The fraction of sp³-hybridized carbons (Fsp3) is 0.538. The van der Waals surface area contributed by atoms with Crippen molar-refractivity contribution in [2.45, 2.75) is 25.4 Å². The number of ketones is 1. The minimum atomic E-state index is -1.78. The predicted octanol–water partition coefficient (Wildman–Crippen LogP) is 2.20. The topological polar surface area (TPSA) is 37.4 Å². The molecule has 0 N–H and O–H groups in total. The van der Waals surface area contributed by atoms with Crippen molar-refractivity contribution < 1.29 is 14.0 Å². The van der Waals surface area contributed by atoms with Gasteiger partial charge in [0.05, 0.1) is 11.4 Å². The number of halogens is 1. The highest BCUT2D eigenvalue weighted by molar-refractivity contribution is 7.13. The normalized spacial score (nSPS) is 30.9. The Bertz CT molecular complexity index is 527. The maximum Gasteiger partial charge on any atom is 0.264 e. The van der Waals surface area contributed by atoms with Gasteiger partial charge >= 0.3 is 0 Å². The van der Waals surface area contributed by atoms with Gasteiger partial charge in [0.2, 0.25) is 0 Å². The first-order valence-corrected chi connectivity index (χ1v) is 6.90. The average molecular weight is 267 g/mol. The molecule has 2 fully saturated rings. The Morgan fingerprint density at radius 2 is 2.33 bits per heavy atom. The number of thiophene rings is 1. The van der Waals surface area contributed by atoms with Gasteiger partial charge in [0.25, 0.3) is 5.91 Å². The molecule has 1 amide bonds. The van der Waals surface area contributed by atoms with Gasteiger partial charge in [-0.15, -0.1) is 11.3 Å². The van der Waals surface area contributed by atoms with E-state index >= 15 is 0 Å². The molecule has 0 spiro atoms. The molecule has 18 heavy (non-hydrogen) atoms. The van der Waals surface area contributed by atoms with Crippen LogP contribution in [0.1, 0.15) is 27.4 Å². The number of amides is 1. The number of hydrogen-bond acceptors (Lipinski definition) is 3. The van der Waals surface area contributed by atoms with Crippen LogP contribution >= 0.6 is 11.3 Å². The third-order valence-electron chi connectivity index (χ3n) is 3.93. The van der Waals surface area contributed by atoms with Gasteiger partial charge in [-0.3, -0.25) is 9.59 Å². The van der Waals surface area contributed by atoms with Gasteiger partial charge in [-0.25, -0.2) is 4.39 Å². The highest BCUT2D eigenvalue weighted by Gasteiger charge is 2.57. The Labute approximate surface area is 109 Å². The third kappa shape index (κ3) is 1.61. The summed E-state index contributed by atoms with van der Waals surface area (Å²) in [6.07, 6.45) is 0.893. The highest BCUT2D eigenvalue weighted by atomic mass is 32.1. The van der Waals surface area contributed by atoms with Crippen LogP contribution < -0.4 is 0 Å². The fourth-order valence-electron chi connectivity index (χ4n) is 2.89. The van der Waals surface area contributed by atoms with Crippen molar-refractivity contribution in [3.63, 3.8) is 0 Å². The van der Waals surface area contributed by atoms with Gasteiger partial charge < -0.3 is 4.90 Å². The van der Waals surface area contributed by atoms with Crippen LogP contribution in [0.5, 0.6) is 0 Å². The fourth-order valence-corrected chi connectivity index (χ4v) is 3.73. The Morgan fingerprint density at radius 1 is 1.56 bits per heavy atom. The van der Waals surface area contributed by atoms with Crippen LogP contribution in [-0.2, 0) is 4.79 Å². The van der Waals surface area contributed by atoms with Crippen LogP contribution in [0.3, 0.4) is 0 Å². The Hall–Kier alpha value is -1.23. The summed E-state index contributed by atoms with van der Waals surface area (Å²) in [5.74, 6) is -0.771. The summed E-state index contributed by atoms with van der Waals surface area (Å²) >= 11 is 1.41. The predicted molar refractivity (Wildman–Crippen MR) is 66.5 cm³/mol. The molecule has 3 nitrogen and oxygen atoms in total. The van der Waals surface area contributed by atoms with E-state index in [0.717, 1.165) is 4.88 Å². The summed E-state index contributed by atoms with van der Waals surface area (Å²) in [4.78, 5) is 27.0. The molecule has 1 aromatic rings. The van der Waals surface area contributed by atoms with Crippen LogP contribution in [0.4, 0.5) is 4.39 Å². The first-order chi connectivity index (χ1) is 8.50. The standard InChI is InChI=1S/C13H14FNO2S/c1-8-2-4-10(18-8)12(17)15-6-9-3-5-11(16)13(9,14)7-15/h2,4,9H,3,5-7H2,1H3/t9-,13?/m0/s1. The molecular weight excluding hydrogens is 253 g/mol. The van der Waals surface area contributed by atoms with Crippen molar-refractivity contribution in [1.29, 1.82) is 0 Å². The first-order valence-electron chi connectivity index (χ1n) is 6.08. The van der Waals surface area contributed by atoms with E-state index in [4.69, 9.17) is 0 Å². The number of carbonyl (C=O) groups is 2. The molecule has 5 heteroatoms. The van der Waals surface area contributed by atoms with E-state index in [1.165, 1.54) is 16.2 Å². The quantitative estimate of drug-likeness (QED) is 0.782. The number of likely N-dealkylation sites (tertiary alicyclic amines) is 1. The number of Topliss-reactive ketones (excluding diaryl/α,β-unsaturated/α-hetero) is 1. The second kappa shape index (κ2) is 3.88. The van der Waals surface area contributed by atoms with Gasteiger partial charge in [-0.1, -0.05) is 0 Å². The zero-order valence-corrected chi connectivity index (χ0v) is 10.9. The zero-order valence-electron chi connectivity index (χ0n) is 10.1.